The van der Waals surface area contributed by atoms with Crippen LogP contribution in [0.2, 0.25) is 0 Å². The summed E-state index contributed by atoms with van der Waals surface area (Å²) in [7, 11) is 0. The molecular weight excluding hydrogens is 511 g/mol. The van der Waals surface area contributed by atoms with Crippen LogP contribution in [0.1, 0.15) is 67.0 Å². The Morgan fingerprint density at radius 2 is 1.88 bits per heavy atom. The standard InChI is InChI=1S/C33H36F3N3O/c1-4-25-12-11-24(8-6-17-40)19-30(25)28-13-14-32(38-15-7-16-38)37-31(28)21-39-22(2)18-29(23(39)3)26-9-5-10-27(20-26)33(34,35)36/h5,9-14,17,19-20,23,29H,2,4,6-8,15-16,18,21H2,1,3H3. The summed E-state index contributed by atoms with van der Waals surface area (Å²) in [5.74, 6) is 0.863. The fraction of sp³-hybridized carbons (Fsp3) is 0.394. The Kier molecular flexibility index (Phi) is 8.02. The van der Waals surface area contributed by atoms with Gasteiger partial charge >= 0.3 is 6.18 Å². The first-order chi connectivity index (χ1) is 19.2. The monoisotopic (exact) mass is 547 g/mol. The molecule has 4 nitrogen and oxygen atoms in total. The van der Waals surface area contributed by atoms with E-state index < -0.39 is 11.7 Å². The number of carbonyl (C=O) groups excluding carboxylic acids is 1. The Hall–Kier alpha value is -3.61. The fourth-order valence-corrected chi connectivity index (χ4v) is 5.95. The van der Waals surface area contributed by atoms with Crippen LogP contribution in [0, 0.1) is 0 Å². The lowest BCUT2D eigenvalue weighted by Crippen LogP contribution is -2.38. The van der Waals surface area contributed by atoms with E-state index in [9.17, 15) is 18.0 Å². The number of aldehydes is 1. The Morgan fingerprint density at radius 1 is 1.07 bits per heavy atom. The highest BCUT2D eigenvalue weighted by Crippen LogP contribution is 2.42. The number of pyridine rings is 1. The van der Waals surface area contributed by atoms with E-state index in [0.717, 1.165) is 72.2 Å². The largest absolute Gasteiger partial charge is 0.416 e. The molecule has 2 aliphatic rings. The number of benzene rings is 2. The Labute approximate surface area is 234 Å². The molecule has 2 fully saturated rings. The van der Waals surface area contributed by atoms with Crippen molar-refractivity contribution in [1.82, 2.24) is 9.88 Å². The second kappa shape index (κ2) is 11.5. The SMILES string of the molecule is C=C1CC(c2cccc(C(F)(F)F)c2)C(C)N1Cc1nc(N2CCC2)ccc1-c1cc(CCC=O)ccc1CC. The number of hydrogen-bond donors (Lipinski definition) is 0. The molecule has 7 heteroatoms. The highest BCUT2D eigenvalue weighted by Gasteiger charge is 2.37. The molecule has 2 atom stereocenters. The van der Waals surface area contributed by atoms with Crippen LogP contribution in [0.25, 0.3) is 11.1 Å². The van der Waals surface area contributed by atoms with Crippen molar-refractivity contribution in [2.24, 2.45) is 0 Å². The van der Waals surface area contributed by atoms with Gasteiger partial charge in [-0.25, -0.2) is 4.98 Å². The van der Waals surface area contributed by atoms with E-state index in [1.807, 2.05) is 0 Å². The highest BCUT2D eigenvalue weighted by atomic mass is 19.4. The van der Waals surface area contributed by atoms with E-state index in [1.165, 1.54) is 17.7 Å². The zero-order valence-electron chi connectivity index (χ0n) is 23.2. The average Bonchev–Trinajstić information content (AvgIpc) is 3.19. The molecule has 0 radical (unpaired) electrons. The van der Waals surface area contributed by atoms with E-state index in [0.29, 0.717) is 31.4 Å². The summed E-state index contributed by atoms with van der Waals surface area (Å²) in [5.41, 5.74) is 6.41. The second-order valence-corrected chi connectivity index (χ2v) is 10.9. The number of anilines is 1. The van der Waals surface area contributed by atoms with Crippen molar-refractivity contribution in [3.8, 4) is 11.1 Å². The number of likely N-dealkylation sites (tertiary alicyclic amines) is 1. The van der Waals surface area contributed by atoms with E-state index in [2.05, 4.69) is 60.6 Å². The number of rotatable bonds is 9. The summed E-state index contributed by atoms with van der Waals surface area (Å²) < 4.78 is 40.3. The summed E-state index contributed by atoms with van der Waals surface area (Å²) in [6.07, 6.45) is 0.354. The van der Waals surface area contributed by atoms with Crippen molar-refractivity contribution < 1.29 is 18.0 Å². The molecule has 0 N–H and O–H groups in total. The maximum absolute atomic E-state index is 13.4. The Bertz CT molecular complexity index is 1400. The minimum atomic E-state index is -4.37. The summed E-state index contributed by atoms with van der Waals surface area (Å²) >= 11 is 0. The molecule has 3 heterocycles. The predicted molar refractivity (Wildman–Crippen MR) is 153 cm³/mol. The lowest BCUT2D eigenvalue weighted by Gasteiger charge is -2.33. The van der Waals surface area contributed by atoms with Gasteiger partial charge in [0.25, 0.3) is 0 Å². The summed E-state index contributed by atoms with van der Waals surface area (Å²) in [5, 5.41) is 0. The minimum absolute atomic E-state index is 0.0390. The molecule has 0 saturated carbocycles. The van der Waals surface area contributed by atoms with Crippen LogP contribution in [0.3, 0.4) is 0 Å². The highest BCUT2D eigenvalue weighted by molar-refractivity contribution is 5.72. The molecule has 2 aromatic carbocycles. The molecule has 0 bridgehead atoms. The zero-order chi connectivity index (χ0) is 28.4. The maximum Gasteiger partial charge on any atom is 0.416 e. The number of nitrogens with zero attached hydrogens (tertiary/aromatic N) is 3. The number of halogens is 3. The predicted octanol–water partition coefficient (Wildman–Crippen LogP) is 7.56. The van der Waals surface area contributed by atoms with Crippen LogP contribution >= 0.6 is 0 Å². The second-order valence-electron chi connectivity index (χ2n) is 10.9. The molecular formula is C33H36F3N3O. The van der Waals surface area contributed by atoms with Crippen molar-refractivity contribution in [1.29, 1.82) is 0 Å². The number of aryl methyl sites for hydroxylation is 2. The van der Waals surface area contributed by atoms with Crippen molar-refractivity contribution >= 4 is 12.1 Å². The van der Waals surface area contributed by atoms with Crippen LogP contribution in [0.5, 0.6) is 0 Å². The van der Waals surface area contributed by atoms with Gasteiger partial charge in [-0.3, -0.25) is 0 Å². The molecule has 3 aromatic rings. The van der Waals surface area contributed by atoms with Crippen molar-refractivity contribution in [3.05, 3.63) is 94.8 Å². The first kappa shape index (κ1) is 27.9. The summed E-state index contributed by atoms with van der Waals surface area (Å²) in [4.78, 5) is 20.6. The van der Waals surface area contributed by atoms with Gasteiger partial charge in [-0.2, -0.15) is 13.2 Å². The lowest BCUT2D eigenvalue weighted by molar-refractivity contribution is -0.137. The summed E-state index contributed by atoms with van der Waals surface area (Å²) in [6.45, 7) is 11.0. The van der Waals surface area contributed by atoms with E-state index in [-0.39, 0.29) is 12.0 Å². The van der Waals surface area contributed by atoms with Gasteiger partial charge in [0.1, 0.15) is 12.1 Å². The fourth-order valence-electron chi connectivity index (χ4n) is 5.95. The van der Waals surface area contributed by atoms with Crippen molar-refractivity contribution in [2.45, 2.75) is 70.6 Å². The van der Waals surface area contributed by atoms with Gasteiger partial charge < -0.3 is 14.6 Å². The van der Waals surface area contributed by atoms with E-state index >= 15 is 0 Å². The quantitative estimate of drug-likeness (QED) is 0.259. The van der Waals surface area contributed by atoms with Gasteiger partial charge in [0.15, 0.2) is 0 Å². The molecule has 2 saturated heterocycles. The third kappa shape index (κ3) is 5.65. The molecule has 1 aromatic heterocycles. The molecule has 0 spiro atoms. The normalized spacial score (nSPS) is 19.2. The zero-order valence-corrected chi connectivity index (χ0v) is 23.2. The molecule has 2 unspecified atom stereocenters. The number of alkyl halides is 3. The maximum atomic E-state index is 13.4. The molecule has 210 valence electrons. The van der Waals surface area contributed by atoms with Gasteiger partial charge in [0.05, 0.1) is 17.8 Å². The van der Waals surface area contributed by atoms with Gasteiger partial charge in [-0.15, -0.1) is 0 Å². The molecule has 0 aliphatic carbocycles. The number of aromatic nitrogens is 1. The van der Waals surface area contributed by atoms with Crippen LogP contribution in [0.15, 0.2) is 66.9 Å². The third-order valence-electron chi connectivity index (χ3n) is 8.43. The first-order valence-electron chi connectivity index (χ1n) is 14.1. The van der Waals surface area contributed by atoms with Crippen molar-refractivity contribution in [3.63, 3.8) is 0 Å². The smallest absolute Gasteiger partial charge is 0.366 e. The molecule has 2 aliphatic heterocycles. The molecule has 5 rings (SSSR count). The molecule has 0 amide bonds. The topological polar surface area (TPSA) is 36.4 Å². The molecule has 40 heavy (non-hydrogen) atoms. The Morgan fingerprint density at radius 3 is 2.55 bits per heavy atom. The van der Waals surface area contributed by atoms with Crippen LogP contribution in [0.4, 0.5) is 19.0 Å². The lowest BCUT2D eigenvalue weighted by atomic mass is 9.91. The van der Waals surface area contributed by atoms with E-state index in [1.54, 1.807) is 6.07 Å². The van der Waals surface area contributed by atoms with Crippen LogP contribution in [-0.4, -0.2) is 35.3 Å². The van der Waals surface area contributed by atoms with Gasteiger partial charge in [-0.05, 0) is 73.1 Å². The van der Waals surface area contributed by atoms with Gasteiger partial charge in [0, 0.05) is 42.7 Å². The van der Waals surface area contributed by atoms with Gasteiger partial charge in [-0.1, -0.05) is 49.9 Å². The Balaban J connectivity index is 1.50. The first-order valence-corrected chi connectivity index (χ1v) is 14.1. The van der Waals surface area contributed by atoms with Crippen LogP contribution < -0.4 is 4.90 Å². The van der Waals surface area contributed by atoms with Gasteiger partial charge in [0.2, 0.25) is 0 Å². The number of hydrogen-bond acceptors (Lipinski definition) is 4. The van der Waals surface area contributed by atoms with Crippen molar-refractivity contribution in [2.75, 3.05) is 18.0 Å². The average molecular weight is 548 g/mol. The third-order valence-corrected chi connectivity index (χ3v) is 8.43. The number of carbonyl (C=O) groups is 1. The van der Waals surface area contributed by atoms with Crippen LogP contribution in [-0.2, 0) is 30.4 Å². The van der Waals surface area contributed by atoms with E-state index in [4.69, 9.17) is 4.98 Å². The number of allylic oxidation sites excluding steroid dienone is 1. The summed E-state index contributed by atoms with van der Waals surface area (Å²) in [6, 6.07) is 16.3. The minimum Gasteiger partial charge on any atom is -0.366 e.